The van der Waals surface area contributed by atoms with Gasteiger partial charge in [0, 0.05) is 13.5 Å². The second-order valence-electron chi connectivity index (χ2n) is 5.19. The van der Waals surface area contributed by atoms with E-state index in [9.17, 15) is 9.59 Å². The number of Topliss-reactive ketones (excluding diaryl/α,β-unsaturated/α-hetero) is 1. The Morgan fingerprint density at radius 2 is 2.17 bits per heavy atom. The number of hydroxylamine groups is 2. The third-order valence-electron chi connectivity index (χ3n) is 2.74. The molecule has 1 aromatic heterocycles. The monoisotopic (exact) mass is 269 g/mol. The molecule has 0 aliphatic heterocycles. The van der Waals surface area contributed by atoms with Gasteiger partial charge in [-0.25, -0.2) is 14.8 Å². The van der Waals surface area contributed by atoms with Gasteiger partial charge < -0.3 is 0 Å². The first-order valence-corrected chi connectivity index (χ1v) is 6.37. The molecule has 1 aromatic rings. The molecule has 1 heterocycles. The molecule has 98 valence electrons. The highest BCUT2D eigenvalue weighted by Crippen LogP contribution is 2.38. The predicted molar refractivity (Wildman–Crippen MR) is 67.1 cm³/mol. The third kappa shape index (κ3) is 2.51. The van der Waals surface area contributed by atoms with E-state index in [2.05, 4.69) is 10.3 Å². The highest BCUT2D eigenvalue weighted by molar-refractivity contribution is 7.17. The average Bonchev–Trinajstić information content (AvgIpc) is 2.58. The summed E-state index contributed by atoms with van der Waals surface area (Å²) >= 11 is 1.16. The fourth-order valence-corrected chi connectivity index (χ4v) is 2.86. The van der Waals surface area contributed by atoms with Gasteiger partial charge in [-0.2, -0.15) is 0 Å². The van der Waals surface area contributed by atoms with Crippen LogP contribution in [0.5, 0.6) is 0 Å². The lowest BCUT2D eigenvalue weighted by Crippen LogP contribution is -2.28. The van der Waals surface area contributed by atoms with Crippen molar-refractivity contribution in [2.24, 2.45) is 5.41 Å². The molecule has 2 rings (SSSR count). The van der Waals surface area contributed by atoms with Gasteiger partial charge in [-0.3, -0.25) is 15.3 Å². The number of nitrogens with one attached hydrogen (secondary N) is 1. The van der Waals surface area contributed by atoms with E-state index in [-0.39, 0.29) is 11.2 Å². The number of rotatable bonds is 1. The van der Waals surface area contributed by atoms with E-state index in [1.807, 2.05) is 13.8 Å². The first-order chi connectivity index (χ1) is 8.28. The van der Waals surface area contributed by atoms with Gasteiger partial charge in [0.25, 0.3) is 0 Å². The van der Waals surface area contributed by atoms with Gasteiger partial charge in [-0.15, -0.1) is 0 Å². The van der Waals surface area contributed by atoms with Crippen LogP contribution in [-0.2, 0) is 6.42 Å². The van der Waals surface area contributed by atoms with E-state index in [0.717, 1.165) is 23.5 Å². The van der Waals surface area contributed by atoms with Crippen LogP contribution in [-0.4, -0.2) is 34.1 Å². The molecule has 0 aromatic carbocycles. The Morgan fingerprint density at radius 1 is 1.50 bits per heavy atom. The Balaban J connectivity index is 2.24. The zero-order valence-electron chi connectivity index (χ0n) is 10.5. The maximum absolute atomic E-state index is 11.9. The molecule has 0 saturated carbocycles. The maximum atomic E-state index is 11.9. The fourth-order valence-electron chi connectivity index (χ4n) is 1.95. The summed E-state index contributed by atoms with van der Waals surface area (Å²) in [7, 11) is 1.22. The number of aromatic nitrogens is 1. The molecular weight excluding hydrogens is 254 g/mol. The van der Waals surface area contributed by atoms with Gasteiger partial charge in [-0.05, 0) is 11.8 Å². The van der Waals surface area contributed by atoms with Crippen molar-refractivity contribution in [3.05, 3.63) is 10.6 Å². The number of carbonyl (C=O) groups is 2. The van der Waals surface area contributed by atoms with Gasteiger partial charge in [0.15, 0.2) is 10.9 Å². The summed E-state index contributed by atoms with van der Waals surface area (Å²) in [5.74, 6) is 0.0663. The minimum absolute atomic E-state index is 0.0663. The molecule has 0 atom stereocenters. The molecule has 0 fully saturated rings. The Morgan fingerprint density at radius 3 is 2.78 bits per heavy atom. The average molecular weight is 269 g/mol. The SMILES string of the molecule is CN(O)C(=O)Nc1nc2c(s1)C(=O)CC(C)(C)C2. The molecule has 18 heavy (non-hydrogen) atoms. The smallest absolute Gasteiger partial charge is 0.293 e. The van der Waals surface area contributed by atoms with E-state index in [1.165, 1.54) is 7.05 Å². The Labute approximate surface area is 109 Å². The van der Waals surface area contributed by atoms with Crippen LogP contribution >= 0.6 is 11.3 Å². The second-order valence-corrected chi connectivity index (χ2v) is 6.19. The molecular formula is C11H15N3O3S. The lowest BCUT2D eigenvalue weighted by molar-refractivity contribution is -0.0118. The summed E-state index contributed by atoms with van der Waals surface area (Å²) in [4.78, 5) is 28.1. The molecule has 7 heteroatoms. The van der Waals surface area contributed by atoms with Crippen molar-refractivity contribution >= 4 is 28.3 Å². The predicted octanol–water partition coefficient (Wildman–Crippen LogP) is 2.15. The summed E-state index contributed by atoms with van der Waals surface area (Å²) < 4.78 is 0. The number of ketones is 1. The fraction of sp³-hybridized carbons (Fsp3) is 0.545. The van der Waals surface area contributed by atoms with Gasteiger partial charge in [0.2, 0.25) is 0 Å². The third-order valence-corrected chi connectivity index (χ3v) is 3.80. The van der Waals surface area contributed by atoms with Crippen LogP contribution in [0.1, 0.15) is 35.6 Å². The van der Waals surface area contributed by atoms with Crippen LogP contribution in [0.15, 0.2) is 0 Å². The minimum atomic E-state index is -0.673. The van der Waals surface area contributed by atoms with Gasteiger partial charge >= 0.3 is 6.03 Å². The number of hydrogen-bond donors (Lipinski definition) is 2. The van der Waals surface area contributed by atoms with Crippen molar-refractivity contribution in [2.75, 3.05) is 12.4 Å². The largest absolute Gasteiger partial charge is 0.347 e. The molecule has 1 aliphatic carbocycles. The molecule has 0 spiro atoms. The Hall–Kier alpha value is -1.47. The number of anilines is 1. The van der Waals surface area contributed by atoms with Crippen molar-refractivity contribution in [1.29, 1.82) is 0 Å². The van der Waals surface area contributed by atoms with Crippen molar-refractivity contribution < 1.29 is 14.8 Å². The topological polar surface area (TPSA) is 82.5 Å². The van der Waals surface area contributed by atoms with Crippen LogP contribution in [0.25, 0.3) is 0 Å². The van der Waals surface area contributed by atoms with Crippen LogP contribution < -0.4 is 5.32 Å². The van der Waals surface area contributed by atoms with Crippen molar-refractivity contribution in [1.82, 2.24) is 10.0 Å². The summed E-state index contributed by atoms with van der Waals surface area (Å²) in [6, 6.07) is -0.673. The number of thiazole rings is 1. The molecule has 2 amide bonds. The van der Waals surface area contributed by atoms with E-state index >= 15 is 0 Å². The summed E-state index contributed by atoms with van der Waals surface area (Å²) in [5, 5.41) is 12.2. The number of amides is 2. The Kier molecular flexibility index (Phi) is 3.12. The van der Waals surface area contributed by atoms with Crippen LogP contribution in [0.3, 0.4) is 0 Å². The van der Waals surface area contributed by atoms with Crippen molar-refractivity contribution in [3.63, 3.8) is 0 Å². The van der Waals surface area contributed by atoms with Gasteiger partial charge in [-0.1, -0.05) is 25.2 Å². The first-order valence-electron chi connectivity index (χ1n) is 5.55. The quantitative estimate of drug-likeness (QED) is 0.604. The minimum Gasteiger partial charge on any atom is -0.293 e. The first kappa shape index (κ1) is 13.0. The molecule has 0 saturated heterocycles. The lowest BCUT2D eigenvalue weighted by atomic mass is 9.78. The second kappa shape index (κ2) is 4.33. The molecule has 0 bridgehead atoms. The van der Waals surface area contributed by atoms with Crippen LogP contribution in [0.4, 0.5) is 9.93 Å². The molecule has 2 N–H and O–H groups in total. The summed E-state index contributed by atoms with van der Waals surface area (Å²) in [5.41, 5.74) is 0.643. The zero-order valence-corrected chi connectivity index (χ0v) is 11.3. The number of urea groups is 1. The standard InChI is InChI=1S/C11H15N3O3S/c1-11(2)4-6-8(7(15)5-11)18-9(12-6)13-10(16)14(3)17/h17H,4-5H2,1-3H3,(H,12,13,16). The zero-order chi connectivity index (χ0) is 13.5. The van der Waals surface area contributed by atoms with E-state index < -0.39 is 6.03 Å². The number of nitrogens with zero attached hydrogens (tertiary/aromatic N) is 2. The van der Waals surface area contributed by atoms with Crippen molar-refractivity contribution in [3.8, 4) is 0 Å². The summed E-state index contributed by atoms with van der Waals surface area (Å²) in [6.07, 6.45) is 1.21. The Bertz CT molecular complexity index is 508. The molecule has 1 aliphatic rings. The van der Waals surface area contributed by atoms with E-state index in [1.54, 1.807) is 0 Å². The van der Waals surface area contributed by atoms with Crippen LogP contribution in [0, 0.1) is 5.41 Å². The normalized spacial score (nSPS) is 17.2. The highest BCUT2D eigenvalue weighted by Gasteiger charge is 2.34. The lowest BCUT2D eigenvalue weighted by Gasteiger charge is -2.26. The number of carbonyl (C=O) groups excluding carboxylic acids is 2. The van der Waals surface area contributed by atoms with E-state index in [4.69, 9.17) is 5.21 Å². The summed E-state index contributed by atoms with van der Waals surface area (Å²) in [6.45, 7) is 4.04. The molecule has 0 radical (unpaired) electrons. The number of hydrogen-bond acceptors (Lipinski definition) is 5. The highest BCUT2D eigenvalue weighted by atomic mass is 32.1. The number of fused-ring (bicyclic) bond motifs is 1. The molecule has 0 unspecified atom stereocenters. The molecule has 6 nitrogen and oxygen atoms in total. The van der Waals surface area contributed by atoms with E-state index in [0.29, 0.717) is 21.5 Å². The van der Waals surface area contributed by atoms with Crippen molar-refractivity contribution in [2.45, 2.75) is 26.7 Å². The van der Waals surface area contributed by atoms with Gasteiger partial charge in [0.05, 0.1) is 10.6 Å². The maximum Gasteiger partial charge on any atom is 0.347 e. The van der Waals surface area contributed by atoms with Crippen LogP contribution in [0.2, 0.25) is 0 Å². The van der Waals surface area contributed by atoms with Gasteiger partial charge in [0.1, 0.15) is 0 Å².